The topological polar surface area (TPSA) is 106 Å². The molecule has 27 heavy (non-hydrogen) atoms. The minimum Gasteiger partial charge on any atom is -0.504 e. The summed E-state index contributed by atoms with van der Waals surface area (Å²) < 4.78 is 14.7. The molecular weight excluding hydrogens is 348 g/mol. The van der Waals surface area contributed by atoms with Crippen LogP contribution in [0.4, 0.5) is 0 Å². The average Bonchev–Trinajstić information content (AvgIpc) is 2.64. The first-order valence-corrected chi connectivity index (χ1v) is 7.67. The van der Waals surface area contributed by atoms with E-state index in [0.717, 1.165) is 11.1 Å². The summed E-state index contributed by atoms with van der Waals surface area (Å²) in [6.45, 7) is 1.64. The van der Waals surface area contributed by atoms with Crippen LogP contribution in [0, 0.1) is 0 Å². The number of hydrogen-bond acceptors (Lipinski definition) is 7. The fourth-order valence-corrected chi connectivity index (χ4v) is 1.98. The van der Waals surface area contributed by atoms with Crippen LogP contribution in [-0.4, -0.2) is 38.3 Å². The lowest BCUT2D eigenvalue weighted by molar-refractivity contribution is 0.174. The fourth-order valence-electron chi connectivity index (χ4n) is 1.98. The first kappa shape index (κ1) is 26.7. The second-order valence-electron chi connectivity index (χ2n) is 5.08. The fraction of sp³-hybridized carbons (Fsp3) is 0.400. The Morgan fingerprint density at radius 3 is 1.78 bits per heavy atom. The summed E-state index contributed by atoms with van der Waals surface area (Å²) in [5.41, 5.74) is 7.37. The van der Waals surface area contributed by atoms with Crippen molar-refractivity contribution < 1.29 is 24.4 Å². The molecule has 0 aliphatic heterocycles. The second kappa shape index (κ2) is 14.7. The summed E-state index contributed by atoms with van der Waals surface area (Å²) in [7, 11) is 4.67. The number of hydrogen-bond donors (Lipinski definition) is 4. The van der Waals surface area contributed by atoms with Crippen molar-refractivity contribution >= 4 is 0 Å². The lowest BCUT2D eigenvalue weighted by atomic mass is 10.2. The lowest BCUT2D eigenvalue weighted by Crippen LogP contribution is -2.15. The highest BCUT2D eigenvalue weighted by Crippen LogP contribution is 2.26. The first-order valence-electron chi connectivity index (χ1n) is 7.67. The summed E-state index contributed by atoms with van der Waals surface area (Å²) >= 11 is 0. The minimum atomic E-state index is 0. The van der Waals surface area contributed by atoms with Crippen LogP contribution in [0.1, 0.15) is 26.0 Å². The number of benzene rings is 2. The Hall–Kier alpha value is -2.48. The largest absolute Gasteiger partial charge is 0.504 e. The molecule has 0 atom stereocenters. The van der Waals surface area contributed by atoms with Gasteiger partial charge in [-0.05, 0) is 35.4 Å². The third-order valence-electron chi connectivity index (χ3n) is 3.30. The Morgan fingerprint density at radius 1 is 0.852 bits per heavy atom. The van der Waals surface area contributed by atoms with Gasteiger partial charge in [0.15, 0.2) is 23.0 Å². The van der Waals surface area contributed by atoms with E-state index in [1.54, 1.807) is 37.4 Å². The van der Waals surface area contributed by atoms with Crippen molar-refractivity contribution in [2.24, 2.45) is 5.73 Å². The molecule has 0 amide bonds. The maximum atomic E-state index is 9.34. The van der Waals surface area contributed by atoms with Gasteiger partial charge in [0.25, 0.3) is 0 Å². The summed E-state index contributed by atoms with van der Waals surface area (Å²) in [4.78, 5) is 0. The van der Waals surface area contributed by atoms with Gasteiger partial charge in [-0.2, -0.15) is 0 Å². The smallest absolute Gasteiger partial charge is 0.160 e. The Kier molecular flexibility index (Phi) is 14.5. The molecule has 0 heterocycles. The van der Waals surface area contributed by atoms with E-state index in [0.29, 0.717) is 31.3 Å². The van der Waals surface area contributed by atoms with Gasteiger partial charge in [0.05, 0.1) is 21.0 Å². The molecule has 0 aliphatic rings. The van der Waals surface area contributed by atoms with Gasteiger partial charge in [-0.3, -0.25) is 5.32 Å². The second-order valence-corrected chi connectivity index (χ2v) is 5.08. The van der Waals surface area contributed by atoms with E-state index >= 15 is 0 Å². The van der Waals surface area contributed by atoms with Crippen molar-refractivity contribution in [3.8, 4) is 23.0 Å². The van der Waals surface area contributed by atoms with Crippen LogP contribution in [-0.2, 0) is 17.8 Å². The number of phenolic OH excluding ortho intramolecular Hbond substituents is 2. The third-order valence-corrected chi connectivity index (χ3v) is 3.30. The van der Waals surface area contributed by atoms with Gasteiger partial charge in [-0.25, -0.2) is 0 Å². The lowest BCUT2D eigenvalue weighted by Gasteiger charge is -2.07. The van der Waals surface area contributed by atoms with Gasteiger partial charge in [0.1, 0.15) is 0 Å². The van der Waals surface area contributed by atoms with E-state index in [1.165, 1.54) is 14.2 Å². The SMILES string of the molecule is C.C.COCNCc1ccc(O)c(OC)c1.COc1cc(CN)ccc1O. The highest BCUT2D eigenvalue weighted by atomic mass is 16.5. The van der Waals surface area contributed by atoms with Crippen molar-refractivity contribution in [3.05, 3.63) is 47.5 Å². The summed E-state index contributed by atoms with van der Waals surface area (Å²) in [6.07, 6.45) is 0. The predicted molar refractivity (Wildman–Crippen MR) is 109 cm³/mol. The zero-order chi connectivity index (χ0) is 18.7. The number of rotatable bonds is 7. The predicted octanol–water partition coefficient (Wildman–Crippen LogP) is 3.23. The van der Waals surface area contributed by atoms with Gasteiger partial charge < -0.3 is 30.2 Å². The van der Waals surface area contributed by atoms with Gasteiger partial charge in [-0.1, -0.05) is 27.0 Å². The number of nitrogens with two attached hydrogens (primary N) is 1. The number of methoxy groups -OCH3 is 3. The monoisotopic (exact) mass is 382 g/mol. The van der Waals surface area contributed by atoms with E-state index in [4.69, 9.17) is 25.1 Å². The van der Waals surface area contributed by atoms with Crippen LogP contribution in [0.3, 0.4) is 0 Å². The maximum Gasteiger partial charge on any atom is 0.160 e. The van der Waals surface area contributed by atoms with E-state index in [1.807, 2.05) is 6.07 Å². The van der Waals surface area contributed by atoms with Crippen LogP contribution in [0.2, 0.25) is 0 Å². The summed E-state index contributed by atoms with van der Waals surface area (Å²) in [6, 6.07) is 10.3. The van der Waals surface area contributed by atoms with Gasteiger partial charge >= 0.3 is 0 Å². The standard InChI is InChI=1S/C10H15NO3.C8H11NO2.2CH4/c1-13-7-11-6-8-3-4-9(12)10(5-8)14-2;1-11-8-4-6(5-9)2-3-7(8)10;;/h3-5,11-12H,6-7H2,1-2H3;2-4,10H,5,9H2,1H3;2*1H4. The molecule has 154 valence electrons. The molecule has 0 aromatic heterocycles. The molecule has 2 aromatic rings. The molecule has 0 aliphatic carbocycles. The molecule has 7 nitrogen and oxygen atoms in total. The number of nitrogens with one attached hydrogen (secondary N) is 1. The van der Waals surface area contributed by atoms with Crippen molar-refractivity contribution in [3.63, 3.8) is 0 Å². The Morgan fingerprint density at radius 2 is 1.33 bits per heavy atom. The number of ether oxygens (including phenoxy) is 3. The van der Waals surface area contributed by atoms with Crippen LogP contribution in [0.5, 0.6) is 23.0 Å². The molecule has 0 unspecified atom stereocenters. The molecule has 0 spiro atoms. The molecule has 0 saturated heterocycles. The molecule has 5 N–H and O–H groups in total. The first-order chi connectivity index (χ1) is 12.0. The van der Waals surface area contributed by atoms with Crippen LogP contribution >= 0.6 is 0 Å². The molecule has 0 fully saturated rings. The highest BCUT2D eigenvalue weighted by molar-refractivity contribution is 5.42. The quantitative estimate of drug-likeness (QED) is 0.430. The molecule has 0 saturated carbocycles. The van der Waals surface area contributed by atoms with Crippen molar-refractivity contribution in [2.75, 3.05) is 28.1 Å². The normalized spacial score (nSPS) is 9.19. The van der Waals surface area contributed by atoms with Crippen molar-refractivity contribution in [1.29, 1.82) is 0 Å². The van der Waals surface area contributed by atoms with Crippen LogP contribution in [0.25, 0.3) is 0 Å². The summed E-state index contributed by atoms with van der Waals surface area (Å²) in [5, 5.41) is 21.6. The highest BCUT2D eigenvalue weighted by Gasteiger charge is 2.02. The minimum absolute atomic E-state index is 0. The van der Waals surface area contributed by atoms with Gasteiger partial charge in [-0.15, -0.1) is 0 Å². The van der Waals surface area contributed by atoms with Gasteiger partial charge in [0.2, 0.25) is 0 Å². The zero-order valence-corrected chi connectivity index (χ0v) is 14.8. The molecule has 7 heteroatoms. The zero-order valence-electron chi connectivity index (χ0n) is 14.8. The molecule has 2 rings (SSSR count). The summed E-state index contributed by atoms with van der Waals surface area (Å²) in [5.74, 6) is 1.25. The maximum absolute atomic E-state index is 9.34. The van der Waals surface area contributed by atoms with E-state index in [-0.39, 0.29) is 26.4 Å². The van der Waals surface area contributed by atoms with Gasteiger partial charge in [0, 0.05) is 20.2 Å². The average molecular weight is 383 g/mol. The van der Waals surface area contributed by atoms with E-state index in [9.17, 15) is 5.11 Å². The van der Waals surface area contributed by atoms with E-state index < -0.39 is 0 Å². The Balaban J connectivity index is 0. The molecular formula is C20H34N2O5. The van der Waals surface area contributed by atoms with Crippen molar-refractivity contribution in [1.82, 2.24) is 5.32 Å². The number of aromatic hydroxyl groups is 2. The van der Waals surface area contributed by atoms with Crippen LogP contribution < -0.4 is 20.5 Å². The third kappa shape index (κ3) is 9.14. The number of phenols is 2. The Labute approximate surface area is 162 Å². The molecule has 2 aromatic carbocycles. The van der Waals surface area contributed by atoms with Crippen molar-refractivity contribution in [2.45, 2.75) is 27.9 Å². The van der Waals surface area contributed by atoms with Crippen LogP contribution in [0.15, 0.2) is 36.4 Å². The van der Waals surface area contributed by atoms with E-state index in [2.05, 4.69) is 5.32 Å². The molecule has 0 radical (unpaired) electrons. The Bertz CT molecular complexity index is 650. The molecule has 0 bridgehead atoms.